The summed E-state index contributed by atoms with van der Waals surface area (Å²) in [5, 5.41) is 6.36. The minimum absolute atomic E-state index is 0.155. The van der Waals surface area contributed by atoms with Crippen LogP contribution in [0.15, 0.2) is 66.2 Å². The lowest BCUT2D eigenvalue weighted by molar-refractivity contribution is -0.137. The fourth-order valence-electron chi connectivity index (χ4n) is 4.60. The Balaban J connectivity index is 1.38. The topological polar surface area (TPSA) is 142 Å². The number of anilines is 3. The van der Waals surface area contributed by atoms with Crippen LogP contribution in [0.1, 0.15) is 23.7 Å². The van der Waals surface area contributed by atoms with Crippen molar-refractivity contribution in [3.63, 3.8) is 0 Å². The third-order valence-electron chi connectivity index (χ3n) is 6.32. The van der Waals surface area contributed by atoms with Gasteiger partial charge in [0.15, 0.2) is 11.2 Å². The van der Waals surface area contributed by atoms with Crippen molar-refractivity contribution in [1.82, 2.24) is 24.4 Å². The third-order valence-corrected chi connectivity index (χ3v) is 6.32. The second-order valence-electron chi connectivity index (χ2n) is 9.03. The Labute approximate surface area is 215 Å². The first-order valence-corrected chi connectivity index (χ1v) is 11.9. The number of aromatic amines is 1. The largest absolute Gasteiger partial charge is 0.353 e. The lowest BCUT2D eigenvalue weighted by Gasteiger charge is -2.24. The Kier molecular flexibility index (Phi) is 6.69. The molecule has 3 N–H and O–H groups in total. The van der Waals surface area contributed by atoms with Crippen molar-refractivity contribution in [2.24, 2.45) is 0 Å². The van der Waals surface area contributed by atoms with Gasteiger partial charge >= 0.3 is 0 Å². The highest BCUT2D eigenvalue weighted by atomic mass is 19.1. The van der Waals surface area contributed by atoms with Crippen LogP contribution in [0.25, 0.3) is 10.9 Å². The fourth-order valence-corrected chi connectivity index (χ4v) is 4.60. The van der Waals surface area contributed by atoms with Crippen molar-refractivity contribution < 1.29 is 18.8 Å². The van der Waals surface area contributed by atoms with Gasteiger partial charge in [0.2, 0.25) is 11.8 Å². The SMILES string of the molecule is CC(=O)c1cn(CC(=O)N2CC(F)CC2C(=O)Nc2cc(=O)cc[nH]2)c2ccc(Nc3cncnc3)cc12. The normalized spacial score (nSPS) is 16.9. The first-order chi connectivity index (χ1) is 18.3. The molecule has 1 aliphatic rings. The zero-order valence-corrected chi connectivity index (χ0v) is 20.3. The van der Waals surface area contributed by atoms with Gasteiger partial charge in [-0.2, -0.15) is 0 Å². The van der Waals surface area contributed by atoms with E-state index in [4.69, 9.17) is 0 Å². The predicted octanol–water partition coefficient (Wildman–Crippen LogP) is 2.64. The number of nitrogens with one attached hydrogen (secondary N) is 3. The lowest BCUT2D eigenvalue weighted by atomic mass is 10.1. The molecule has 1 fully saturated rings. The number of carbonyl (C=O) groups is 3. The number of Topliss-reactive ketones (excluding diaryl/α,β-unsaturated/α-hetero) is 1. The number of aromatic nitrogens is 4. The smallest absolute Gasteiger partial charge is 0.248 e. The molecule has 1 aromatic carbocycles. The molecular weight excluding hydrogens is 493 g/mol. The van der Waals surface area contributed by atoms with Gasteiger partial charge in [-0.3, -0.25) is 19.2 Å². The monoisotopic (exact) mass is 517 g/mol. The van der Waals surface area contributed by atoms with Crippen molar-refractivity contribution in [2.45, 2.75) is 32.1 Å². The number of nitrogens with zero attached hydrogens (tertiary/aromatic N) is 4. The summed E-state index contributed by atoms with van der Waals surface area (Å²) in [6, 6.07) is 6.83. The van der Waals surface area contributed by atoms with Gasteiger partial charge in [0, 0.05) is 53.1 Å². The van der Waals surface area contributed by atoms with E-state index in [1.165, 1.54) is 36.5 Å². The molecule has 1 saturated heterocycles. The maximum Gasteiger partial charge on any atom is 0.248 e. The van der Waals surface area contributed by atoms with Crippen LogP contribution >= 0.6 is 0 Å². The Bertz CT molecular complexity index is 1580. The molecule has 4 heterocycles. The average molecular weight is 518 g/mol. The van der Waals surface area contributed by atoms with Crippen molar-refractivity contribution >= 4 is 45.7 Å². The van der Waals surface area contributed by atoms with E-state index in [-0.39, 0.29) is 36.5 Å². The number of likely N-dealkylation sites (tertiary alicyclic amines) is 1. The number of halogens is 1. The van der Waals surface area contributed by atoms with Gasteiger partial charge in [-0.15, -0.1) is 0 Å². The zero-order chi connectivity index (χ0) is 26.8. The summed E-state index contributed by atoms with van der Waals surface area (Å²) in [5.74, 6) is -1.09. The number of amides is 2. The summed E-state index contributed by atoms with van der Waals surface area (Å²) in [7, 11) is 0. The lowest BCUT2D eigenvalue weighted by Crippen LogP contribution is -2.44. The van der Waals surface area contributed by atoms with Crippen LogP contribution < -0.4 is 16.1 Å². The summed E-state index contributed by atoms with van der Waals surface area (Å²) in [6.07, 6.45) is 6.10. The van der Waals surface area contributed by atoms with Crippen LogP contribution in [0, 0.1) is 0 Å². The summed E-state index contributed by atoms with van der Waals surface area (Å²) >= 11 is 0. The number of alkyl halides is 1. The van der Waals surface area contributed by atoms with E-state index in [1.807, 2.05) is 0 Å². The fraction of sp³-hybridized carbons (Fsp3) is 0.231. The Hall–Kier alpha value is -4.87. The molecule has 12 heteroatoms. The van der Waals surface area contributed by atoms with Crippen LogP contribution in [0.4, 0.5) is 21.6 Å². The van der Waals surface area contributed by atoms with Crippen LogP contribution in [0.3, 0.4) is 0 Å². The maximum absolute atomic E-state index is 14.4. The second-order valence-corrected chi connectivity index (χ2v) is 9.03. The Morgan fingerprint density at radius 3 is 2.66 bits per heavy atom. The number of ketones is 1. The number of carbonyl (C=O) groups excluding carboxylic acids is 3. The highest BCUT2D eigenvalue weighted by Crippen LogP contribution is 2.28. The molecule has 11 nitrogen and oxygen atoms in total. The van der Waals surface area contributed by atoms with E-state index in [0.717, 1.165) is 0 Å². The maximum atomic E-state index is 14.4. The standard InChI is InChI=1S/C26H24FN7O4/c1-15(35)21-12-33(22-3-2-17(7-20(21)22)31-18-9-28-14-29-10-18)13-25(37)34-11-16(27)6-23(34)26(38)32-24-8-19(36)4-5-30-24/h2-5,7-10,12,14,16,23,31H,6,11,13H2,1H3,(H2,30,32,36,38). The van der Waals surface area contributed by atoms with E-state index in [1.54, 1.807) is 41.4 Å². The molecule has 38 heavy (non-hydrogen) atoms. The first-order valence-electron chi connectivity index (χ1n) is 11.9. The quantitative estimate of drug-likeness (QED) is 0.320. The number of hydrogen-bond donors (Lipinski definition) is 3. The van der Waals surface area contributed by atoms with Crippen LogP contribution in [0.2, 0.25) is 0 Å². The van der Waals surface area contributed by atoms with E-state index in [0.29, 0.717) is 27.8 Å². The van der Waals surface area contributed by atoms with Crippen LogP contribution in [-0.2, 0) is 16.1 Å². The highest BCUT2D eigenvalue weighted by Gasteiger charge is 2.40. The molecule has 194 valence electrons. The molecule has 0 saturated carbocycles. The molecule has 1 aliphatic heterocycles. The van der Waals surface area contributed by atoms with E-state index in [9.17, 15) is 23.6 Å². The molecule has 5 rings (SSSR count). The molecule has 3 aromatic heterocycles. The number of pyridine rings is 1. The van der Waals surface area contributed by atoms with Crippen LogP contribution in [-0.4, -0.2) is 60.8 Å². The molecule has 0 aliphatic carbocycles. The number of rotatable bonds is 7. The van der Waals surface area contributed by atoms with Gasteiger partial charge < -0.3 is 25.1 Å². The zero-order valence-electron chi connectivity index (χ0n) is 20.3. The molecular formula is C26H24FN7O4. The summed E-state index contributed by atoms with van der Waals surface area (Å²) in [6.45, 7) is 1.02. The number of hydrogen-bond acceptors (Lipinski definition) is 7. The average Bonchev–Trinajstić information content (AvgIpc) is 3.45. The molecule has 2 atom stereocenters. The molecule has 0 bridgehead atoms. The number of fused-ring (bicyclic) bond motifs is 1. The number of benzene rings is 1. The molecule has 2 amide bonds. The molecule has 4 aromatic rings. The minimum atomic E-state index is -1.37. The van der Waals surface area contributed by atoms with Gasteiger partial charge in [-0.05, 0) is 25.1 Å². The minimum Gasteiger partial charge on any atom is -0.353 e. The van der Waals surface area contributed by atoms with Crippen molar-refractivity contribution in [2.75, 3.05) is 17.2 Å². The van der Waals surface area contributed by atoms with Crippen molar-refractivity contribution in [3.05, 3.63) is 77.2 Å². The predicted molar refractivity (Wildman–Crippen MR) is 138 cm³/mol. The van der Waals surface area contributed by atoms with E-state index in [2.05, 4.69) is 25.6 Å². The van der Waals surface area contributed by atoms with Gasteiger partial charge in [-0.25, -0.2) is 14.4 Å². The van der Waals surface area contributed by atoms with Gasteiger partial charge in [-0.1, -0.05) is 0 Å². The first kappa shape index (κ1) is 24.8. The Morgan fingerprint density at radius 1 is 1.13 bits per heavy atom. The van der Waals surface area contributed by atoms with Gasteiger partial charge in [0.25, 0.3) is 0 Å². The third kappa shape index (κ3) is 5.14. The summed E-state index contributed by atoms with van der Waals surface area (Å²) in [5.41, 5.74) is 2.13. The van der Waals surface area contributed by atoms with Gasteiger partial charge in [0.05, 0.1) is 24.6 Å². The second kappa shape index (κ2) is 10.2. The van der Waals surface area contributed by atoms with Crippen molar-refractivity contribution in [3.8, 4) is 0 Å². The molecule has 0 spiro atoms. The van der Waals surface area contributed by atoms with Crippen LogP contribution in [0.5, 0.6) is 0 Å². The summed E-state index contributed by atoms with van der Waals surface area (Å²) in [4.78, 5) is 62.0. The highest BCUT2D eigenvalue weighted by molar-refractivity contribution is 6.08. The Morgan fingerprint density at radius 2 is 1.92 bits per heavy atom. The number of H-pyrrole nitrogens is 1. The van der Waals surface area contributed by atoms with E-state index < -0.39 is 24.0 Å². The van der Waals surface area contributed by atoms with E-state index >= 15 is 0 Å². The molecule has 2 unspecified atom stereocenters. The van der Waals surface area contributed by atoms with Gasteiger partial charge in [0.1, 0.15) is 30.9 Å². The summed E-state index contributed by atoms with van der Waals surface area (Å²) < 4.78 is 16.0. The molecule has 0 radical (unpaired) electrons. The van der Waals surface area contributed by atoms with Crippen molar-refractivity contribution in [1.29, 1.82) is 0 Å².